The van der Waals surface area contributed by atoms with E-state index in [-0.39, 0.29) is 139 Å². The van der Waals surface area contributed by atoms with Gasteiger partial charge in [0.1, 0.15) is 0 Å². The fourth-order valence-electron chi connectivity index (χ4n) is 0. The third kappa shape index (κ3) is 5660. The van der Waals surface area contributed by atoms with Gasteiger partial charge in [0.25, 0.3) is 0 Å². The Bertz CT molecular complexity index is 143. The third-order valence-corrected chi connectivity index (χ3v) is 0. The van der Waals surface area contributed by atoms with E-state index < -0.39 is 15.6 Å². The molecule has 0 amide bonds. The first kappa shape index (κ1) is 211. The Morgan fingerprint density at radius 3 is 0.346 bits per heavy atom. The average Bonchev–Trinajstić information content (AvgIpc) is 1.12. The molecule has 0 saturated heterocycles. The number of phosphoric acid groups is 2. The average molecular weight is 496 g/mol. The van der Waals surface area contributed by atoms with Crippen LogP contribution in [0.25, 0.3) is 0 Å². The van der Waals surface area contributed by atoms with Crippen molar-refractivity contribution in [2.45, 2.75) is 0 Å². The fourth-order valence-corrected chi connectivity index (χ4v) is 0. The summed E-state index contributed by atoms with van der Waals surface area (Å²) < 4.78 is 17.8. The van der Waals surface area contributed by atoms with Crippen LogP contribution < -0.4 is 59.1 Å². The van der Waals surface area contributed by atoms with Crippen LogP contribution in [0.4, 0.5) is 0 Å². The second kappa shape index (κ2) is 94.1. The van der Waals surface area contributed by atoms with E-state index in [4.69, 9.17) is 38.5 Å². The first-order chi connectivity index (χ1) is 4.00. The Balaban J connectivity index is -0.00000000155. The molecule has 0 aliphatic heterocycles. The number of hydrogen-bond donors (Lipinski definition) is 6. The van der Waals surface area contributed by atoms with Crippen LogP contribution in [0.15, 0.2) is 0 Å². The molecule has 0 fully saturated rings. The van der Waals surface area contributed by atoms with Crippen molar-refractivity contribution in [1.82, 2.24) is 0 Å². The minimum absolute atomic E-state index is 0. The van der Waals surface area contributed by atoms with Crippen molar-refractivity contribution < 1.29 is 177 Å². The van der Waals surface area contributed by atoms with Crippen LogP contribution in [0, 0.1) is 0 Å². The molecule has 0 radical (unpaired) electrons. The summed E-state index contributed by atoms with van der Waals surface area (Å²) in [4.78, 5) is 43.1. The maximum absolute atomic E-state index is 8.88. The molecular formula is H36Na2O22P2. The second-order valence-corrected chi connectivity index (χ2v) is 3.08. The van der Waals surface area contributed by atoms with Gasteiger partial charge >= 0.3 is 74.8 Å². The first-order valence-corrected chi connectivity index (χ1v) is 4.70. The molecular weight excluding hydrogens is 460 g/mol. The SMILES string of the molecule is O.O.O.O.O.O.O.O.O.O.O.O.O.O.O=P(O)(O)O.O=P(O)(O)O.[H-].[H-].[Na+].[Na+]. The van der Waals surface area contributed by atoms with Gasteiger partial charge in [0.05, 0.1) is 0 Å². The van der Waals surface area contributed by atoms with E-state index in [1.54, 1.807) is 0 Å². The summed E-state index contributed by atoms with van der Waals surface area (Å²) in [6, 6.07) is 0. The largest absolute Gasteiger partial charge is 1.00 e. The molecule has 180 valence electrons. The van der Waals surface area contributed by atoms with Crippen molar-refractivity contribution in [1.29, 1.82) is 0 Å². The summed E-state index contributed by atoms with van der Waals surface area (Å²) in [6.45, 7) is 0. The van der Waals surface area contributed by atoms with Gasteiger partial charge < -0.3 is 109 Å². The smallest absolute Gasteiger partial charge is 1.00 e. The van der Waals surface area contributed by atoms with Crippen LogP contribution in [0.2, 0.25) is 0 Å². The van der Waals surface area contributed by atoms with Crippen LogP contribution in [0.1, 0.15) is 2.85 Å². The zero-order chi connectivity index (χ0) is 9.00. The Labute approximate surface area is 192 Å². The molecule has 0 aliphatic carbocycles. The van der Waals surface area contributed by atoms with Crippen LogP contribution in [0.3, 0.4) is 0 Å². The summed E-state index contributed by atoms with van der Waals surface area (Å²) in [5, 5.41) is 0. The molecule has 0 rings (SSSR count). The monoisotopic (exact) mass is 496 g/mol. The van der Waals surface area contributed by atoms with E-state index in [0.29, 0.717) is 0 Å². The summed E-state index contributed by atoms with van der Waals surface area (Å²) >= 11 is 0. The molecule has 0 unspecified atom stereocenters. The molecule has 22 nitrogen and oxygen atoms in total. The molecule has 26 heavy (non-hydrogen) atoms. The second-order valence-electron chi connectivity index (χ2n) is 1.03. The van der Waals surface area contributed by atoms with E-state index in [1.807, 2.05) is 0 Å². The summed E-state index contributed by atoms with van der Waals surface area (Å²) in [6.07, 6.45) is 0. The molecule has 0 bridgehead atoms. The van der Waals surface area contributed by atoms with Crippen molar-refractivity contribution in [2.75, 3.05) is 0 Å². The van der Waals surface area contributed by atoms with E-state index >= 15 is 0 Å². The van der Waals surface area contributed by atoms with Gasteiger partial charge in [-0.25, -0.2) is 9.13 Å². The Morgan fingerprint density at radius 1 is 0.346 bits per heavy atom. The topological polar surface area (TPSA) is 597 Å². The molecule has 26 heteroatoms. The molecule has 0 aromatic carbocycles. The van der Waals surface area contributed by atoms with Gasteiger partial charge in [-0.2, -0.15) is 0 Å². The van der Waals surface area contributed by atoms with Crippen molar-refractivity contribution >= 4 is 15.6 Å². The van der Waals surface area contributed by atoms with Crippen LogP contribution in [-0.4, -0.2) is 106 Å². The van der Waals surface area contributed by atoms with Gasteiger partial charge in [0.15, 0.2) is 0 Å². The maximum atomic E-state index is 8.88. The van der Waals surface area contributed by atoms with Gasteiger partial charge in [-0.05, 0) is 0 Å². The third-order valence-electron chi connectivity index (χ3n) is 0. The van der Waals surface area contributed by atoms with E-state index in [2.05, 4.69) is 0 Å². The summed E-state index contributed by atoms with van der Waals surface area (Å²) in [7, 11) is -9.28. The summed E-state index contributed by atoms with van der Waals surface area (Å²) in [5.41, 5.74) is 0. The van der Waals surface area contributed by atoms with E-state index in [1.165, 1.54) is 0 Å². The van der Waals surface area contributed by atoms with Crippen LogP contribution in [-0.2, 0) is 9.13 Å². The van der Waals surface area contributed by atoms with Gasteiger partial charge in [-0.1, -0.05) is 0 Å². The molecule has 0 heterocycles. The maximum Gasteiger partial charge on any atom is 1.00 e. The van der Waals surface area contributed by atoms with E-state index in [9.17, 15) is 0 Å². The van der Waals surface area contributed by atoms with Crippen molar-refractivity contribution in [3.63, 3.8) is 0 Å². The molecule has 0 aromatic heterocycles. The zero-order valence-corrected chi connectivity index (χ0v) is 19.2. The van der Waals surface area contributed by atoms with Gasteiger partial charge in [-0.15, -0.1) is 0 Å². The summed E-state index contributed by atoms with van der Waals surface area (Å²) in [5.74, 6) is 0. The molecule has 0 spiro atoms. The molecule has 0 atom stereocenters. The Morgan fingerprint density at radius 2 is 0.346 bits per heavy atom. The van der Waals surface area contributed by atoms with Crippen molar-refractivity contribution in [3.8, 4) is 0 Å². The van der Waals surface area contributed by atoms with Crippen LogP contribution >= 0.6 is 15.6 Å². The molecule has 0 aliphatic rings. The Kier molecular flexibility index (Phi) is 762. The van der Waals surface area contributed by atoms with Crippen molar-refractivity contribution in [2.24, 2.45) is 0 Å². The zero-order valence-electron chi connectivity index (χ0n) is 15.4. The standard InChI is InChI=1S/2Na.2H3O4P.14H2O.2H/c;;2*1-5(2,3)4;;;;;;;;;;;;;;;;/h;;2*(H3,1,2,3,4);14*1H2;;/q2*+1;;;;;;;;;;;;;;;;;2*-1. The molecule has 34 N–H and O–H groups in total. The number of rotatable bonds is 0. The normalized spacial score (nSPS) is 4.54. The predicted molar refractivity (Wildman–Crippen MR) is 81.3 cm³/mol. The van der Waals surface area contributed by atoms with Crippen molar-refractivity contribution in [3.05, 3.63) is 0 Å². The molecule has 0 aromatic rings. The first-order valence-electron chi connectivity index (χ1n) is 1.57. The molecule has 0 saturated carbocycles. The minimum atomic E-state index is -4.64. The van der Waals surface area contributed by atoms with Gasteiger partial charge in [-0.3, -0.25) is 0 Å². The fraction of sp³-hybridized carbons (Fsp3) is 0. The van der Waals surface area contributed by atoms with Gasteiger partial charge in [0, 0.05) is 0 Å². The van der Waals surface area contributed by atoms with E-state index in [0.717, 1.165) is 0 Å². The quantitative estimate of drug-likeness (QED) is 0.138. The Hall–Kier alpha value is 1.66. The predicted octanol–water partition coefficient (Wildman–Crippen LogP) is -19.2. The minimum Gasteiger partial charge on any atom is -1.00 e. The number of hydrogen-bond acceptors (Lipinski definition) is 2. The van der Waals surface area contributed by atoms with Crippen LogP contribution in [0.5, 0.6) is 0 Å². The van der Waals surface area contributed by atoms with Gasteiger partial charge in [0.2, 0.25) is 0 Å².